The number of hydrogen-bond acceptors (Lipinski definition) is 7. The van der Waals surface area contributed by atoms with Gasteiger partial charge in [0, 0.05) is 6.54 Å². The second-order valence-electron chi connectivity index (χ2n) is 6.82. The quantitative estimate of drug-likeness (QED) is 0.343. The lowest BCUT2D eigenvalue weighted by Crippen LogP contribution is -2.29. The molecule has 8 nitrogen and oxygen atoms in total. The molecule has 0 aliphatic carbocycles. The fourth-order valence-corrected chi connectivity index (χ4v) is 4.06. The van der Waals surface area contributed by atoms with E-state index in [0.717, 1.165) is 17.7 Å². The summed E-state index contributed by atoms with van der Waals surface area (Å²) in [5, 5.41) is 12.1. The van der Waals surface area contributed by atoms with Crippen LogP contribution in [0.15, 0.2) is 46.3 Å². The van der Waals surface area contributed by atoms with E-state index in [1.165, 1.54) is 44.2 Å². The van der Waals surface area contributed by atoms with Crippen LogP contribution in [0, 0.1) is 17.0 Å². The average Bonchev–Trinajstić information content (AvgIpc) is 3.04. The number of carbonyl (C=O) groups excluding carboxylic acids is 1. The van der Waals surface area contributed by atoms with Crippen molar-refractivity contribution in [1.82, 2.24) is 4.90 Å². The van der Waals surface area contributed by atoms with Crippen LogP contribution in [0.4, 0.5) is 11.4 Å². The van der Waals surface area contributed by atoms with Crippen LogP contribution in [-0.2, 0) is 4.79 Å². The maximum atomic E-state index is 13.0. The number of hydrogen-bond donors (Lipinski definition) is 0. The number of nitro groups is 1. The maximum Gasteiger partial charge on any atom is 0.280 e. The van der Waals surface area contributed by atoms with E-state index >= 15 is 0 Å². The predicted octanol–water partition coefficient (Wildman–Crippen LogP) is 4.93. The maximum absolute atomic E-state index is 13.0. The molecule has 9 heteroatoms. The summed E-state index contributed by atoms with van der Waals surface area (Å²) in [7, 11) is 2.86. The lowest BCUT2D eigenvalue weighted by molar-refractivity contribution is -0.385. The molecular formula is C22H23N3O5S. The Morgan fingerprint density at radius 2 is 1.81 bits per heavy atom. The molecule has 2 aromatic rings. The molecule has 1 saturated heterocycles. The van der Waals surface area contributed by atoms with E-state index < -0.39 is 4.92 Å². The zero-order chi connectivity index (χ0) is 22.5. The Bertz CT molecular complexity index is 1060. The lowest BCUT2D eigenvalue weighted by Gasteiger charge is -2.14. The van der Waals surface area contributed by atoms with E-state index in [9.17, 15) is 14.9 Å². The Morgan fingerprint density at radius 3 is 2.39 bits per heavy atom. The van der Waals surface area contributed by atoms with Gasteiger partial charge in [-0.05, 0) is 49.4 Å². The summed E-state index contributed by atoms with van der Waals surface area (Å²) in [5.74, 6) is 0.354. The zero-order valence-electron chi connectivity index (χ0n) is 17.7. The number of carbonyl (C=O) groups is 1. The Labute approximate surface area is 184 Å². The van der Waals surface area contributed by atoms with Gasteiger partial charge in [-0.25, -0.2) is 4.99 Å². The third-order valence-electron chi connectivity index (χ3n) is 4.61. The van der Waals surface area contributed by atoms with Crippen molar-refractivity contribution in [3.05, 3.63) is 62.5 Å². The van der Waals surface area contributed by atoms with Gasteiger partial charge in [-0.1, -0.05) is 24.6 Å². The van der Waals surface area contributed by atoms with Crippen molar-refractivity contribution in [2.75, 3.05) is 20.8 Å². The topological polar surface area (TPSA) is 94.3 Å². The highest BCUT2D eigenvalue weighted by molar-refractivity contribution is 8.18. The van der Waals surface area contributed by atoms with Crippen LogP contribution in [0.2, 0.25) is 0 Å². The summed E-state index contributed by atoms with van der Waals surface area (Å²) < 4.78 is 10.4. The number of ether oxygens (including phenoxy) is 2. The highest BCUT2D eigenvalue weighted by atomic mass is 32.2. The molecule has 0 spiro atoms. The van der Waals surface area contributed by atoms with Crippen molar-refractivity contribution in [3.63, 3.8) is 0 Å². The van der Waals surface area contributed by atoms with Gasteiger partial charge in [0.15, 0.2) is 16.7 Å². The number of nitro benzene ring substituents is 1. The summed E-state index contributed by atoms with van der Waals surface area (Å²) in [4.78, 5) is 30.7. The van der Waals surface area contributed by atoms with Crippen LogP contribution >= 0.6 is 11.8 Å². The monoisotopic (exact) mass is 441 g/mol. The van der Waals surface area contributed by atoms with E-state index in [1.54, 1.807) is 4.90 Å². The minimum atomic E-state index is -0.510. The van der Waals surface area contributed by atoms with Crippen molar-refractivity contribution in [3.8, 4) is 11.5 Å². The van der Waals surface area contributed by atoms with Gasteiger partial charge in [-0.2, -0.15) is 0 Å². The van der Waals surface area contributed by atoms with E-state index in [-0.39, 0.29) is 22.9 Å². The van der Waals surface area contributed by atoms with E-state index in [0.29, 0.717) is 22.4 Å². The van der Waals surface area contributed by atoms with Crippen LogP contribution in [0.5, 0.6) is 11.5 Å². The molecule has 0 N–H and O–H groups in total. The smallest absolute Gasteiger partial charge is 0.280 e. The van der Waals surface area contributed by atoms with E-state index in [2.05, 4.69) is 4.99 Å². The number of amides is 1. The third kappa shape index (κ3) is 4.88. The first-order valence-corrected chi connectivity index (χ1v) is 10.5. The van der Waals surface area contributed by atoms with Gasteiger partial charge >= 0.3 is 0 Å². The number of thioether (sulfide) groups is 1. The van der Waals surface area contributed by atoms with Crippen molar-refractivity contribution in [1.29, 1.82) is 0 Å². The number of benzene rings is 2. The van der Waals surface area contributed by atoms with Gasteiger partial charge in [-0.3, -0.25) is 19.8 Å². The molecule has 2 aromatic carbocycles. The minimum absolute atomic E-state index is 0.176. The van der Waals surface area contributed by atoms with Gasteiger partial charge in [0.2, 0.25) is 0 Å². The Hall–Kier alpha value is -3.33. The summed E-state index contributed by atoms with van der Waals surface area (Å²) >= 11 is 1.20. The molecule has 0 radical (unpaired) electrons. The molecule has 3 rings (SSSR count). The molecule has 0 bridgehead atoms. The summed E-state index contributed by atoms with van der Waals surface area (Å²) in [5.41, 5.74) is 1.93. The molecule has 162 valence electrons. The highest BCUT2D eigenvalue weighted by Crippen LogP contribution is 2.39. The van der Waals surface area contributed by atoms with Gasteiger partial charge in [0.05, 0.1) is 41.4 Å². The number of rotatable bonds is 7. The van der Waals surface area contributed by atoms with Gasteiger partial charge in [0.25, 0.3) is 11.6 Å². The Morgan fingerprint density at radius 1 is 1.16 bits per heavy atom. The fourth-order valence-electron chi connectivity index (χ4n) is 3.04. The minimum Gasteiger partial charge on any atom is -0.493 e. The summed E-state index contributed by atoms with van der Waals surface area (Å²) in [6, 6.07) is 10.5. The first-order chi connectivity index (χ1) is 14.9. The van der Waals surface area contributed by atoms with Gasteiger partial charge < -0.3 is 9.47 Å². The molecule has 0 unspecified atom stereocenters. The van der Waals surface area contributed by atoms with Crippen molar-refractivity contribution in [2.24, 2.45) is 4.99 Å². The highest BCUT2D eigenvalue weighted by Gasteiger charge is 2.33. The normalized spacial score (nSPS) is 16.3. The van der Waals surface area contributed by atoms with Gasteiger partial charge in [0.1, 0.15) is 0 Å². The third-order valence-corrected chi connectivity index (χ3v) is 5.62. The number of aliphatic imine (C=N–C) groups is 1. The van der Waals surface area contributed by atoms with Crippen molar-refractivity contribution in [2.45, 2.75) is 20.3 Å². The Kier molecular flexibility index (Phi) is 6.96. The van der Waals surface area contributed by atoms with Crippen LogP contribution in [-0.4, -0.2) is 41.7 Å². The van der Waals surface area contributed by atoms with Crippen LogP contribution < -0.4 is 9.47 Å². The first kappa shape index (κ1) is 22.4. The van der Waals surface area contributed by atoms with Crippen LogP contribution in [0.25, 0.3) is 6.08 Å². The molecule has 31 heavy (non-hydrogen) atoms. The second kappa shape index (κ2) is 9.65. The fraction of sp³-hybridized carbons (Fsp3) is 0.273. The summed E-state index contributed by atoms with van der Waals surface area (Å²) in [6.45, 7) is 4.47. The Balaban J connectivity index is 2.05. The largest absolute Gasteiger partial charge is 0.493 e. The van der Waals surface area contributed by atoms with E-state index in [4.69, 9.17) is 9.47 Å². The summed E-state index contributed by atoms with van der Waals surface area (Å²) in [6.07, 6.45) is 2.26. The predicted molar refractivity (Wildman–Crippen MR) is 122 cm³/mol. The molecule has 0 atom stereocenters. The standard InChI is InChI=1S/C22H23N3O5S/c1-5-10-24-21(26)20(31-22(24)23-16-8-6-14(2)7-9-16)12-15-11-18(29-3)19(30-4)13-17(15)25(27)28/h6-9,11-13H,5,10H2,1-4H3/b20-12+,23-22?. The number of aryl methyl sites for hydroxylation is 1. The van der Waals surface area contributed by atoms with Crippen molar-refractivity contribution >= 4 is 40.3 Å². The molecule has 1 fully saturated rings. The van der Waals surface area contributed by atoms with Crippen LogP contribution in [0.3, 0.4) is 0 Å². The molecule has 1 aliphatic rings. The lowest BCUT2D eigenvalue weighted by atomic mass is 10.1. The molecular weight excluding hydrogens is 418 g/mol. The molecule has 1 amide bonds. The number of nitrogens with zero attached hydrogens (tertiary/aromatic N) is 3. The molecule has 0 saturated carbocycles. The number of methoxy groups -OCH3 is 2. The molecule has 1 aliphatic heterocycles. The zero-order valence-corrected chi connectivity index (χ0v) is 18.6. The SMILES string of the molecule is CCCN1C(=O)/C(=C\c2cc(OC)c(OC)cc2[N+](=O)[O-])SC1=Nc1ccc(C)cc1. The molecule has 0 aromatic heterocycles. The van der Waals surface area contributed by atoms with E-state index in [1.807, 2.05) is 38.1 Å². The first-order valence-electron chi connectivity index (χ1n) is 9.65. The van der Waals surface area contributed by atoms with Crippen molar-refractivity contribution < 1.29 is 19.2 Å². The molecule has 1 heterocycles. The van der Waals surface area contributed by atoms with Crippen LogP contribution in [0.1, 0.15) is 24.5 Å². The second-order valence-corrected chi connectivity index (χ2v) is 7.83. The van der Waals surface area contributed by atoms with Gasteiger partial charge in [-0.15, -0.1) is 0 Å². The average molecular weight is 442 g/mol. The number of amidine groups is 1.